The molecule has 0 amide bonds. The Labute approximate surface area is 153 Å². The number of ether oxygens (including phenoxy) is 3. The first-order valence-corrected chi connectivity index (χ1v) is 8.12. The van der Waals surface area contributed by atoms with E-state index in [-0.39, 0.29) is 6.61 Å². The summed E-state index contributed by atoms with van der Waals surface area (Å²) in [5, 5.41) is 3.91. The van der Waals surface area contributed by atoms with Gasteiger partial charge >= 0.3 is 5.97 Å². The van der Waals surface area contributed by atoms with E-state index in [2.05, 4.69) is 11.7 Å². The molecule has 0 N–H and O–H groups in total. The lowest BCUT2D eigenvalue weighted by atomic mass is 10.2. The van der Waals surface area contributed by atoms with Gasteiger partial charge in [0.25, 0.3) is 0 Å². The summed E-state index contributed by atoms with van der Waals surface area (Å²) in [6.45, 7) is 9.73. The summed E-state index contributed by atoms with van der Waals surface area (Å²) in [5.74, 6) is 1.46. The molecule has 0 aliphatic rings. The van der Waals surface area contributed by atoms with Crippen LogP contribution >= 0.6 is 0 Å². The lowest BCUT2D eigenvalue weighted by Crippen LogP contribution is -2.02. The highest BCUT2D eigenvalue weighted by Gasteiger charge is 2.12. The largest absolute Gasteiger partial charge is 0.493 e. The van der Waals surface area contributed by atoms with Gasteiger partial charge in [-0.25, -0.2) is 4.79 Å². The molecule has 138 valence electrons. The number of aryl methyl sites for hydroxylation is 2. The third-order valence-electron chi connectivity index (χ3n) is 3.61. The van der Waals surface area contributed by atoms with Crippen LogP contribution in [0.2, 0.25) is 0 Å². The van der Waals surface area contributed by atoms with Crippen molar-refractivity contribution in [2.24, 2.45) is 0 Å². The van der Waals surface area contributed by atoms with E-state index in [1.54, 1.807) is 32.2 Å². The Morgan fingerprint density at radius 1 is 1.31 bits per heavy atom. The van der Waals surface area contributed by atoms with E-state index in [4.69, 9.17) is 18.7 Å². The van der Waals surface area contributed by atoms with Crippen LogP contribution in [0.5, 0.6) is 11.5 Å². The van der Waals surface area contributed by atoms with Crippen LogP contribution in [0.25, 0.3) is 6.08 Å². The van der Waals surface area contributed by atoms with E-state index in [9.17, 15) is 4.79 Å². The Bertz CT molecular complexity index is 800. The van der Waals surface area contributed by atoms with Gasteiger partial charge in [0.2, 0.25) is 0 Å². The summed E-state index contributed by atoms with van der Waals surface area (Å²) in [5.41, 5.74) is 3.29. The fourth-order valence-electron chi connectivity index (χ4n) is 2.17. The zero-order chi connectivity index (χ0) is 19.1. The van der Waals surface area contributed by atoms with Crippen LogP contribution < -0.4 is 9.47 Å². The van der Waals surface area contributed by atoms with E-state index < -0.39 is 5.97 Å². The molecule has 6 heteroatoms. The molecule has 0 spiro atoms. The molecule has 6 nitrogen and oxygen atoms in total. The van der Waals surface area contributed by atoms with Gasteiger partial charge in [-0.15, -0.1) is 0 Å². The molecule has 2 rings (SSSR count). The van der Waals surface area contributed by atoms with Gasteiger partial charge in [-0.05, 0) is 50.1 Å². The van der Waals surface area contributed by atoms with Gasteiger partial charge in [-0.2, -0.15) is 0 Å². The van der Waals surface area contributed by atoms with Gasteiger partial charge in [-0.1, -0.05) is 17.8 Å². The first-order valence-electron chi connectivity index (χ1n) is 8.12. The van der Waals surface area contributed by atoms with E-state index in [1.165, 1.54) is 6.08 Å². The molecule has 0 fully saturated rings. The van der Waals surface area contributed by atoms with Crippen molar-refractivity contribution < 1.29 is 23.5 Å². The first-order chi connectivity index (χ1) is 12.4. The number of esters is 1. The summed E-state index contributed by atoms with van der Waals surface area (Å²) in [7, 11) is 1.56. The Morgan fingerprint density at radius 2 is 2.08 bits per heavy atom. The van der Waals surface area contributed by atoms with Crippen LogP contribution in [0.15, 0.2) is 41.0 Å². The summed E-state index contributed by atoms with van der Waals surface area (Å²) in [6, 6.07) is 5.40. The number of benzene rings is 1. The van der Waals surface area contributed by atoms with Crippen molar-refractivity contribution in [1.29, 1.82) is 0 Å². The molecule has 1 aromatic heterocycles. The normalized spacial score (nSPS) is 10.8. The minimum Gasteiger partial charge on any atom is -0.493 e. The lowest BCUT2D eigenvalue weighted by molar-refractivity contribution is -0.136. The molecule has 0 unspecified atom stereocenters. The lowest BCUT2D eigenvalue weighted by Gasteiger charge is -2.11. The first kappa shape index (κ1) is 19.3. The molecular weight excluding hydrogens is 334 g/mol. The fourth-order valence-corrected chi connectivity index (χ4v) is 2.17. The quantitative estimate of drug-likeness (QED) is 0.404. The second-order valence-corrected chi connectivity index (χ2v) is 5.90. The predicted octanol–water partition coefficient (Wildman–Crippen LogP) is 4.01. The SMILES string of the molecule is C=C(C)COC(=O)/C=C/c1ccc(OCc2c(C)noc2C)c(OC)c1. The third-order valence-corrected chi connectivity index (χ3v) is 3.61. The maximum absolute atomic E-state index is 11.6. The summed E-state index contributed by atoms with van der Waals surface area (Å²) >= 11 is 0. The Balaban J connectivity index is 2.04. The summed E-state index contributed by atoms with van der Waals surface area (Å²) < 4.78 is 21.3. The minimum absolute atomic E-state index is 0.209. The zero-order valence-electron chi connectivity index (χ0n) is 15.5. The van der Waals surface area contributed by atoms with Crippen molar-refractivity contribution in [3.05, 3.63) is 59.0 Å². The van der Waals surface area contributed by atoms with Gasteiger partial charge in [0, 0.05) is 6.08 Å². The maximum atomic E-state index is 11.6. The van der Waals surface area contributed by atoms with Crippen LogP contribution in [0.4, 0.5) is 0 Å². The Morgan fingerprint density at radius 3 is 2.69 bits per heavy atom. The van der Waals surface area contributed by atoms with Gasteiger partial charge < -0.3 is 18.7 Å². The van der Waals surface area contributed by atoms with Crippen LogP contribution in [0.3, 0.4) is 0 Å². The highest BCUT2D eigenvalue weighted by Crippen LogP contribution is 2.30. The molecule has 26 heavy (non-hydrogen) atoms. The molecule has 0 atom stereocenters. The van der Waals surface area contributed by atoms with Gasteiger partial charge in [0.15, 0.2) is 11.5 Å². The molecule has 1 heterocycles. The number of methoxy groups -OCH3 is 1. The van der Waals surface area contributed by atoms with Crippen molar-refractivity contribution >= 4 is 12.0 Å². The van der Waals surface area contributed by atoms with Crippen LogP contribution in [0.1, 0.15) is 29.5 Å². The topological polar surface area (TPSA) is 70.8 Å². The molecule has 2 aromatic rings. The van der Waals surface area contributed by atoms with Gasteiger partial charge in [0.1, 0.15) is 19.0 Å². The number of rotatable bonds is 8. The summed E-state index contributed by atoms with van der Waals surface area (Å²) in [6.07, 6.45) is 3.02. The number of aromatic nitrogens is 1. The average molecular weight is 357 g/mol. The molecule has 0 aliphatic heterocycles. The zero-order valence-corrected chi connectivity index (χ0v) is 15.5. The minimum atomic E-state index is -0.425. The number of nitrogens with zero attached hydrogens (tertiary/aromatic N) is 1. The summed E-state index contributed by atoms with van der Waals surface area (Å²) in [4.78, 5) is 11.6. The Hall–Kier alpha value is -3.02. The van der Waals surface area contributed by atoms with E-state index in [0.29, 0.717) is 18.1 Å². The van der Waals surface area contributed by atoms with Crippen LogP contribution in [0, 0.1) is 13.8 Å². The molecule has 0 saturated carbocycles. The maximum Gasteiger partial charge on any atom is 0.331 e. The highest BCUT2D eigenvalue weighted by atomic mass is 16.5. The van der Waals surface area contributed by atoms with Crippen molar-refractivity contribution in [1.82, 2.24) is 5.16 Å². The van der Waals surface area contributed by atoms with E-state index >= 15 is 0 Å². The van der Waals surface area contributed by atoms with Crippen LogP contribution in [-0.4, -0.2) is 24.8 Å². The number of hydrogen-bond acceptors (Lipinski definition) is 6. The van der Waals surface area contributed by atoms with Crippen molar-refractivity contribution in [3.63, 3.8) is 0 Å². The van der Waals surface area contributed by atoms with E-state index in [0.717, 1.165) is 28.2 Å². The second kappa shape index (κ2) is 8.89. The third kappa shape index (κ3) is 5.24. The number of carbonyl (C=O) groups is 1. The average Bonchev–Trinajstić information content (AvgIpc) is 2.94. The molecule has 0 saturated heterocycles. The molecule has 0 radical (unpaired) electrons. The standard InChI is InChI=1S/C20H23NO5/c1-13(2)11-25-20(22)9-7-16-6-8-18(19(10-16)23-5)24-12-17-14(3)21-26-15(17)4/h6-10H,1,11-12H2,2-5H3/b9-7+. The molecule has 0 aliphatic carbocycles. The smallest absolute Gasteiger partial charge is 0.331 e. The van der Waals surface area contributed by atoms with E-state index in [1.807, 2.05) is 19.9 Å². The highest BCUT2D eigenvalue weighted by molar-refractivity contribution is 5.87. The fraction of sp³-hybridized carbons (Fsp3) is 0.300. The van der Waals surface area contributed by atoms with Crippen LogP contribution in [-0.2, 0) is 16.1 Å². The van der Waals surface area contributed by atoms with Crippen molar-refractivity contribution in [2.75, 3.05) is 13.7 Å². The van der Waals surface area contributed by atoms with Gasteiger partial charge in [-0.3, -0.25) is 0 Å². The monoisotopic (exact) mass is 357 g/mol. The number of hydrogen-bond donors (Lipinski definition) is 0. The Kier molecular flexibility index (Phi) is 6.60. The molecule has 0 bridgehead atoms. The second-order valence-electron chi connectivity index (χ2n) is 5.90. The van der Waals surface area contributed by atoms with Crippen molar-refractivity contribution in [3.8, 4) is 11.5 Å². The van der Waals surface area contributed by atoms with Gasteiger partial charge in [0.05, 0.1) is 18.4 Å². The molecule has 1 aromatic carbocycles. The molecular formula is C20H23NO5. The predicted molar refractivity (Wildman–Crippen MR) is 98.1 cm³/mol. The van der Waals surface area contributed by atoms with Crippen molar-refractivity contribution in [2.45, 2.75) is 27.4 Å². The number of carbonyl (C=O) groups excluding carboxylic acids is 1.